The molecule has 0 spiro atoms. The third kappa shape index (κ3) is 13.3. The maximum Gasteiger partial charge on any atom is 0.220 e. The molecule has 1 saturated carbocycles. The first kappa shape index (κ1) is 33.5. The zero-order valence-electron chi connectivity index (χ0n) is 26.9. The highest BCUT2D eigenvalue weighted by molar-refractivity contribution is 5.88. The van der Waals surface area contributed by atoms with Gasteiger partial charge in [0.2, 0.25) is 5.91 Å². The molecule has 1 aliphatic rings. The number of carbonyl (C=O) groups is 1. The van der Waals surface area contributed by atoms with E-state index in [1.807, 2.05) is 0 Å². The zero-order valence-corrected chi connectivity index (χ0v) is 26.9. The molecule has 4 nitrogen and oxygen atoms in total. The average Bonchev–Trinajstić information content (AvgIpc) is 3.64. The van der Waals surface area contributed by atoms with Crippen LogP contribution in [0.4, 0.5) is 5.69 Å². The molecule has 232 valence electrons. The fourth-order valence-electron chi connectivity index (χ4n) is 6.63. The Labute approximate surface area is 252 Å². The molecule has 1 aromatic carbocycles. The third-order valence-electron chi connectivity index (χ3n) is 9.31. The van der Waals surface area contributed by atoms with Crippen LogP contribution in [0.25, 0.3) is 10.9 Å². The Balaban J connectivity index is 1.16. The second-order valence-corrected chi connectivity index (χ2v) is 12.9. The van der Waals surface area contributed by atoms with Crippen molar-refractivity contribution in [3.05, 3.63) is 29.5 Å². The molecular weight excluding hydrogens is 502 g/mol. The Morgan fingerprint density at radius 3 is 1.88 bits per heavy atom. The number of H-pyrrole nitrogens is 1. The largest absolute Gasteiger partial charge is 0.382 e. The van der Waals surface area contributed by atoms with Crippen LogP contribution in [0.1, 0.15) is 166 Å². The summed E-state index contributed by atoms with van der Waals surface area (Å²) in [5, 5.41) is 8.27. The topological polar surface area (TPSA) is 56.9 Å². The second-order valence-electron chi connectivity index (χ2n) is 12.9. The molecule has 0 saturated heterocycles. The first-order chi connectivity index (χ1) is 20.2. The smallest absolute Gasteiger partial charge is 0.220 e. The van der Waals surface area contributed by atoms with Gasteiger partial charge in [0, 0.05) is 41.8 Å². The highest BCUT2D eigenvalue weighted by Gasteiger charge is 2.17. The molecule has 1 fully saturated rings. The van der Waals surface area contributed by atoms with Crippen LogP contribution in [0.5, 0.6) is 0 Å². The van der Waals surface area contributed by atoms with Gasteiger partial charge in [-0.15, -0.1) is 0 Å². The number of aromatic nitrogens is 1. The van der Waals surface area contributed by atoms with E-state index in [0.717, 1.165) is 19.3 Å². The van der Waals surface area contributed by atoms with Crippen molar-refractivity contribution < 1.29 is 4.79 Å². The van der Waals surface area contributed by atoms with E-state index < -0.39 is 0 Å². The monoisotopic (exact) mass is 565 g/mol. The average molecular weight is 566 g/mol. The Bertz CT molecular complexity index is 958. The van der Waals surface area contributed by atoms with E-state index in [0.29, 0.717) is 19.0 Å². The summed E-state index contributed by atoms with van der Waals surface area (Å²) in [5.41, 5.74) is 5.20. The first-order valence-corrected chi connectivity index (χ1v) is 17.9. The SMILES string of the molecule is CCCCCCCCCCCCCCCCCCCC(=O)NCCc1c[nH]c2cc(NC3CCCC3)c(CC)cc12. The molecule has 0 bridgehead atoms. The molecule has 4 heteroatoms. The molecule has 3 N–H and O–H groups in total. The normalized spacial score (nSPS) is 13.8. The van der Waals surface area contributed by atoms with Crippen LogP contribution in [-0.4, -0.2) is 23.5 Å². The van der Waals surface area contributed by atoms with Crippen LogP contribution >= 0.6 is 0 Å². The summed E-state index contributed by atoms with van der Waals surface area (Å²) < 4.78 is 0. The predicted octanol–water partition coefficient (Wildman–Crippen LogP) is 10.8. The van der Waals surface area contributed by atoms with E-state index >= 15 is 0 Å². The number of hydrogen-bond acceptors (Lipinski definition) is 2. The van der Waals surface area contributed by atoms with E-state index in [9.17, 15) is 4.79 Å². The number of aryl methyl sites for hydroxylation is 1. The number of hydrogen-bond donors (Lipinski definition) is 3. The minimum absolute atomic E-state index is 0.211. The summed E-state index contributed by atoms with van der Waals surface area (Å²) >= 11 is 0. The number of carbonyl (C=O) groups excluding carboxylic acids is 1. The van der Waals surface area contributed by atoms with Crippen molar-refractivity contribution in [1.82, 2.24) is 10.3 Å². The molecule has 1 heterocycles. The molecule has 1 amide bonds. The van der Waals surface area contributed by atoms with Gasteiger partial charge in [-0.3, -0.25) is 4.79 Å². The zero-order chi connectivity index (χ0) is 29.0. The maximum atomic E-state index is 12.4. The Kier molecular flexibility index (Phi) is 17.0. The maximum absolute atomic E-state index is 12.4. The van der Waals surface area contributed by atoms with E-state index in [2.05, 4.69) is 47.8 Å². The fraction of sp³-hybridized carbons (Fsp3) is 0.757. The minimum Gasteiger partial charge on any atom is -0.382 e. The Morgan fingerprint density at radius 1 is 0.756 bits per heavy atom. The summed E-state index contributed by atoms with van der Waals surface area (Å²) in [6.07, 6.45) is 33.3. The van der Waals surface area contributed by atoms with Crippen molar-refractivity contribution in [2.75, 3.05) is 11.9 Å². The van der Waals surface area contributed by atoms with Gasteiger partial charge >= 0.3 is 0 Å². The molecule has 3 rings (SSSR count). The van der Waals surface area contributed by atoms with Gasteiger partial charge in [0.1, 0.15) is 0 Å². The lowest BCUT2D eigenvalue weighted by molar-refractivity contribution is -0.121. The number of aromatic amines is 1. The van der Waals surface area contributed by atoms with Crippen molar-refractivity contribution in [2.24, 2.45) is 0 Å². The molecule has 0 radical (unpaired) electrons. The summed E-state index contributed by atoms with van der Waals surface area (Å²) in [6, 6.07) is 5.28. The van der Waals surface area contributed by atoms with Crippen molar-refractivity contribution >= 4 is 22.5 Å². The summed E-state index contributed by atoms with van der Waals surface area (Å²) in [7, 11) is 0. The molecule has 0 atom stereocenters. The number of rotatable bonds is 24. The summed E-state index contributed by atoms with van der Waals surface area (Å²) in [4.78, 5) is 15.9. The van der Waals surface area contributed by atoms with Crippen molar-refractivity contribution in [1.29, 1.82) is 0 Å². The predicted molar refractivity (Wildman–Crippen MR) is 179 cm³/mol. The van der Waals surface area contributed by atoms with Crippen LogP contribution in [-0.2, 0) is 17.6 Å². The van der Waals surface area contributed by atoms with Crippen LogP contribution in [0, 0.1) is 0 Å². The van der Waals surface area contributed by atoms with Gasteiger partial charge in [-0.05, 0) is 55.4 Å². The van der Waals surface area contributed by atoms with Crippen LogP contribution < -0.4 is 10.6 Å². The van der Waals surface area contributed by atoms with Gasteiger partial charge in [-0.2, -0.15) is 0 Å². The molecule has 41 heavy (non-hydrogen) atoms. The molecule has 2 aromatic rings. The number of nitrogens with one attached hydrogen (secondary N) is 3. The standard InChI is InChI=1S/C37H63N3O/c1-3-5-6-7-8-9-10-11-12-13-14-15-16-17-18-19-20-25-37(41)38-27-26-32-30-39-36-29-35(31(4-2)28-34(32)36)40-33-23-21-22-24-33/h28-30,33,39-40H,3-27H2,1-2H3,(H,38,41). The highest BCUT2D eigenvalue weighted by Crippen LogP contribution is 2.30. The fourth-order valence-corrected chi connectivity index (χ4v) is 6.63. The summed E-state index contributed by atoms with van der Waals surface area (Å²) in [5.74, 6) is 0.211. The number of anilines is 1. The Morgan fingerprint density at radius 2 is 1.32 bits per heavy atom. The Hall–Kier alpha value is -1.97. The molecular formula is C37H63N3O. The van der Waals surface area contributed by atoms with E-state index in [1.54, 1.807) is 0 Å². The number of benzene rings is 1. The number of amides is 1. The van der Waals surface area contributed by atoms with E-state index in [4.69, 9.17) is 0 Å². The molecule has 0 aliphatic heterocycles. The highest BCUT2D eigenvalue weighted by atomic mass is 16.1. The van der Waals surface area contributed by atoms with Crippen molar-refractivity contribution in [3.63, 3.8) is 0 Å². The summed E-state index contributed by atoms with van der Waals surface area (Å²) in [6.45, 7) is 5.25. The third-order valence-corrected chi connectivity index (χ3v) is 9.31. The van der Waals surface area contributed by atoms with Gasteiger partial charge in [0.25, 0.3) is 0 Å². The molecule has 1 aliphatic carbocycles. The van der Waals surface area contributed by atoms with E-state index in [1.165, 1.54) is 156 Å². The van der Waals surface area contributed by atoms with E-state index in [-0.39, 0.29) is 5.91 Å². The van der Waals surface area contributed by atoms with Gasteiger partial charge in [0.15, 0.2) is 0 Å². The lowest BCUT2D eigenvalue weighted by Gasteiger charge is -2.17. The number of unbranched alkanes of at least 4 members (excludes halogenated alkanes) is 16. The van der Waals surface area contributed by atoms with Gasteiger partial charge < -0.3 is 15.6 Å². The van der Waals surface area contributed by atoms with Crippen molar-refractivity contribution in [2.45, 2.75) is 174 Å². The van der Waals surface area contributed by atoms with Gasteiger partial charge in [-0.25, -0.2) is 0 Å². The lowest BCUT2D eigenvalue weighted by Crippen LogP contribution is -2.25. The molecule has 0 unspecified atom stereocenters. The van der Waals surface area contributed by atoms with Crippen LogP contribution in [0.3, 0.4) is 0 Å². The first-order valence-electron chi connectivity index (χ1n) is 17.9. The number of fused-ring (bicyclic) bond motifs is 1. The van der Waals surface area contributed by atoms with Gasteiger partial charge in [-0.1, -0.05) is 129 Å². The molecule has 1 aromatic heterocycles. The quantitative estimate of drug-likeness (QED) is 0.111. The second kappa shape index (κ2) is 20.8. The van der Waals surface area contributed by atoms with Crippen molar-refractivity contribution in [3.8, 4) is 0 Å². The van der Waals surface area contributed by atoms with Gasteiger partial charge in [0.05, 0.1) is 0 Å². The van der Waals surface area contributed by atoms with Crippen LogP contribution in [0.15, 0.2) is 18.3 Å². The minimum atomic E-state index is 0.211. The lowest BCUT2D eigenvalue weighted by atomic mass is 10.0. The van der Waals surface area contributed by atoms with Crippen LogP contribution in [0.2, 0.25) is 0 Å².